The number of carbonyl (C=O) groups excluding carboxylic acids is 2. The molecule has 1 aliphatic rings. The van der Waals surface area contributed by atoms with Gasteiger partial charge in [0.05, 0.1) is 16.8 Å². The highest BCUT2D eigenvalue weighted by molar-refractivity contribution is 6.23. The molecule has 1 aliphatic heterocycles. The maximum Gasteiger partial charge on any atom is 0.262 e. The SMILES string of the molecule is Nc1c2c(cc(=O)n1-c1ccc(Oc3ccc4ccccc4c3)cc1)C(=O)NC2=O. The van der Waals surface area contributed by atoms with E-state index in [4.69, 9.17) is 10.5 Å². The number of amides is 2. The van der Waals surface area contributed by atoms with Crippen LogP contribution in [0, 0.1) is 0 Å². The lowest BCUT2D eigenvalue weighted by atomic mass is 10.1. The molecule has 0 radical (unpaired) electrons. The lowest BCUT2D eigenvalue weighted by Crippen LogP contribution is -2.24. The molecule has 1 aromatic heterocycles. The summed E-state index contributed by atoms with van der Waals surface area (Å²) in [6.07, 6.45) is 0. The highest BCUT2D eigenvalue weighted by Gasteiger charge is 2.31. The second kappa shape index (κ2) is 6.59. The Morgan fingerprint density at radius 2 is 1.47 bits per heavy atom. The number of nitrogens with zero attached hydrogens (tertiary/aromatic N) is 1. The van der Waals surface area contributed by atoms with Crippen LogP contribution < -0.4 is 21.3 Å². The second-order valence-electron chi connectivity index (χ2n) is 6.88. The topological polar surface area (TPSA) is 103 Å². The van der Waals surface area contributed by atoms with Crippen LogP contribution in [0.1, 0.15) is 20.7 Å². The van der Waals surface area contributed by atoms with E-state index in [9.17, 15) is 14.4 Å². The van der Waals surface area contributed by atoms with E-state index in [1.54, 1.807) is 24.3 Å². The van der Waals surface area contributed by atoms with E-state index in [0.717, 1.165) is 16.8 Å². The van der Waals surface area contributed by atoms with Crippen molar-refractivity contribution in [1.82, 2.24) is 9.88 Å². The summed E-state index contributed by atoms with van der Waals surface area (Å²) in [5.41, 5.74) is 6.02. The maximum absolute atomic E-state index is 12.5. The summed E-state index contributed by atoms with van der Waals surface area (Å²) in [5.74, 6) is -0.0489. The van der Waals surface area contributed by atoms with Crippen molar-refractivity contribution in [2.24, 2.45) is 0 Å². The molecule has 7 nitrogen and oxygen atoms in total. The van der Waals surface area contributed by atoms with E-state index in [1.807, 2.05) is 42.5 Å². The van der Waals surface area contributed by atoms with Gasteiger partial charge in [-0.2, -0.15) is 0 Å². The smallest absolute Gasteiger partial charge is 0.262 e. The van der Waals surface area contributed by atoms with E-state index in [2.05, 4.69) is 5.32 Å². The quantitative estimate of drug-likeness (QED) is 0.517. The van der Waals surface area contributed by atoms with Gasteiger partial charge < -0.3 is 10.5 Å². The van der Waals surface area contributed by atoms with Gasteiger partial charge in [0.2, 0.25) is 0 Å². The molecule has 3 N–H and O–H groups in total. The second-order valence-corrected chi connectivity index (χ2v) is 6.88. The number of hydrogen-bond donors (Lipinski definition) is 2. The summed E-state index contributed by atoms with van der Waals surface area (Å²) in [5, 5.41) is 4.33. The van der Waals surface area contributed by atoms with Crippen molar-refractivity contribution in [3.05, 3.63) is 94.3 Å². The third-order valence-electron chi connectivity index (χ3n) is 5.00. The van der Waals surface area contributed by atoms with Crippen LogP contribution in [0.3, 0.4) is 0 Å². The summed E-state index contributed by atoms with van der Waals surface area (Å²) in [4.78, 5) is 36.3. The van der Waals surface area contributed by atoms with Gasteiger partial charge in [0.1, 0.15) is 17.3 Å². The lowest BCUT2D eigenvalue weighted by molar-refractivity contribution is 0.0880. The summed E-state index contributed by atoms with van der Waals surface area (Å²) in [7, 11) is 0. The van der Waals surface area contributed by atoms with Crippen molar-refractivity contribution in [3.63, 3.8) is 0 Å². The maximum atomic E-state index is 12.5. The Bertz CT molecular complexity index is 1400. The van der Waals surface area contributed by atoms with Crippen molar-refractivity contribution in [2.45, 2.75) is 0 Å². The fraction of sp³-hybridized carbons (Fsp3) is 0. The third-order valence-corrected chi connectivity index (χ3v) is 5.00. The number of pyridine rings is 1. The van der Waals surface area contributed by atoms with Crippen LogP contribution in [0.15, 0.2) is 77.6 Å². The molecule has 30 heavy (non-hydrogen) atoms. The lowest BCUT2D eigenvalue weighted by Gasteiger charge is -2.13. The Morgan fingerprint density at radius 3 is 2.23 bits per heavy atom. The predicted molar refractivity (Wildman–Crippen MR) is 112 cm³/mol. The van der Waals surface area contributed by atoms with Gasteiger partial charge in [-0.25, -0.2) is 0 Å². The number of carbonyl (C=O) groups is 2. The van der Waals surface area contributed by atoms with E-state index in [0.29, 0.717) is 17.2 Å². The van der Waals surface area contributed by atoms with Gasteiger partial charge in [-0.15, -0.1) is 0 Å². The minimum absolute atomic E-state index is 0.00462. The van der Waals surface area contributed by atoms with Crippen LogP contribution >= 0.6 is 0 Å². The van der Waals surface area contributed by atoms with Crippen molar-refractivity contribution in [2.75, 3.05) is 5.73 Å². The number of anilines is 1. The van der Waals surface area contributed by atoms with Gasteiger partial charge in [0.15, 0.2) is 0 Å². The number of nitrogens with two attached hydrogens (primary N) is 1. The predicted octanol–water partition coefficient (Wildman–Crippen LogP) is 3.25. The molecule has 2 heterocycles. The average molecular weight is 397 g/mol. The summed E-state index contributed by atoms with van der Waals surface area (Å²) >= 11 is 0. The minimum atomic E-state index is -0.620. The third kappa shape index (κ3) is 2.80. The first-order chi connectivity index (χ1) is 14.5. The van der Waals surface area contributed by atoms with Crippen LogP contribution in [-0.2, 0) is 0 Å². The monoisotopic (exact) mass is 397 g/mol. The molecule has 0 fully saturated rings. The van der Waals surface area contributed by atoms with Crippen molar-refractivity contribution < 1.29 is 14.3 Å². The molecule has 0 atom stereocenters. The Kier molecular flexibility index (Phi) is 3.89. The van der Waals surface area contributed by atoms with Crippen LogP contribution in [-0.4, -0.2) is 16.4 Å². The number of benzene rings is 3. The summed E-state index contributed by atoms with van der Waals surface area (Å²) in [6.45, 7) is 0. The van der Waals surface area contributed by atoms with E-state index < -0.39 is 17.4 Å². The Morgan fingerprint density at radius 1 is 0.767 bits per heavy atom. The first-order valence-electron chi connectivity index (χ1n) is 9.19. The molecule has 7 heteroatoms. The molecule has 0 unspecified atom stereocenters. The van der Waals surface area contributed by atoms with Crippen molar-refractivity contribution in [3.8, 4) is 17.2 Å². The minimum Gasteiger partial charge on any atom is -0.457 e. The van der Waals surface area contributed by atoms with E-state index >= 15 is 0 Å². The number of fused-ring (bicyclic) bond motifs is 2. The molecule has 0 spiro atoms. The number of nitrogens with one attached hydrogen (secondary N) is 1. The molecular formula is C23H15N3O4. The molecule has 3 aromatic carbocycles. The van der Waals surface area contributed by atoms with Crippen LogP contribution in [0.25, 0.3) is 16.5 Å². The fourth-order valence-electron chi connectivity index (χ4n) is 3.58. The van der Waals surface area contributed by atoms with Crippen LogP contribution in [0.2, 0.25) is 0 Å². The first kappa shape index (κ1) is 17.7. The van der Waals surface area contributed by atoms with Gasteiger partial charge >= 0.3 is 0 Å². The fourth-order valence-corrected chi connectivity index (χ4v) is 3.58. The molecule has 0 bridgehead atoms. The number of rotatable bonds is 3. The zero-order chi connectivity index (χ0) is 20.8. The highest BCUT2D eigenvalue weighted by Crippen LogP contribution is 2.27. The van der Waals surface area contributed by atoms with Crippen LogP contribution in [0.5, 0.6) is 11.5 Å². The molecule has 0 aliphatic carbocycles. The molecule has 2 amide bonds. The number of hydrogen-bond acceptors (Lipinski definition) is 5. The standard InChI is InChI=1S/C23H15N3O4/c24-21-20-18(22(28)25-23(20)29)12-19(27)26(21)15-6-9-16(10-7-15)30-17-8-5-13-3-1-2-4-14(13)11-17/h1-12H,24H2,(H,25,28,29). The molecule has 4 aromatic rings. The van der Waals surface area contributed by atoms with E-state index in [-0.39, 0.29) is 16.9 Å². The molecule has 0 saturated heterocycles. The Balaban J connectivity index is 1.48. The number of aromatic nitrogens is 1. The summed E-state index contributed by atoms with van der Waals surface area (Å²) < 4.78 is 7.11. The number of imide groups is 1. The highest BCUT2D eigenvalue weighted by atomic mass is 16.5. The average Bonchev–Trinajstić information content (AvgIpc) is 3.02. The van der Waals surface area contributed by atoms with Gasteiger partial charge in [-0.05, 0) is 47.2 Å². The van der Waals surface area contributed by atoms with Gasteiger partial charge in [-0.3, -0.25) is 24.3 Å². The van der Waals surface area contributed by atoms with Gasteiger partial charge in [0, 0.05) is 6.07 Å². The Labute approximate surface area is 170 Å². The number of ether oxygens (including phenoxy) is 1. The first-order valence-corrected chi connectivity index (χ1v) is 9.19. The Hall–Kier alpha value is -4.39. The zero-order valence-corrected chi connectivity index (χ0v) is 15.6. The van der Waals surface area contributed by atoms with Crippen molar-refractivity contribution in [1.29, 1.82) is 0 Å². The molecular weight excluding hydrogens is 382 g/mol. The molecule has 0 saturated carbocycles. The normalized spacial score (nSPS) is 12.7. The van der Waals surface area contributed by atoms with E-state index in [1.165, 1.54) is 4.57 Å². The molecule has 5 rings (SSSR count). The van der Waals surface area contributed by atoms with Gasteiger partial charge in [0.25, 0.3) is 17.4 Å². The zero-order valence-electron chi connectivity index (χ0n) is 15.6. The summed E-state index contributed by atoms with van der Waals surface area (Å²) in [6, 6.07) is 21.6. The number of nitrogen functional groups attached to an aromatic ring is 1. The molecule has 146 valence electrons. The van der Waals surface area contributed by atoms with Crippen LogP contribution in [0.4, 0.5) is 5.82 Å². The van der Waals surface area contributed by atoms with Crippen molar-refractivity contribution >= 4 is 28.4 Å². The largest absolute Gasteiger partial charge is 0.457 e. The van der Waals surface area contributed by atoms with Gasteiger partial charge in [-0.1, -0.05) is 30.3 Å².